The highest BCUT2D eigenvalue weighted by atomic mass is 16.5. The molecule has 2 heterocycles. The van der Waals surface area contributed by atoms with E-state index in [4.69, 9.17) is 14.2 Å². The number of morpholine rings is 1. The van der Waals surface area contributed by atoms with Gasteiger partial charge in [-0.05, 0) is 55.0 Å². The highest BCUT2D eigenvalue weighted by molar-refractivity contribution is 6.02. The van der Waals surface area contributed by atoms with Gasteiger partial charge in [0.15, 0.2) is 11.5 Å². The Morgan fingerprint density at radius 3 is 2.40 bits per heavy atom. The molecule has 35 heavy (non-hydrogen) atoms. The Hall–Kier alpha value is -4.11. The molecule has 1 aromatic heterocycles. The molecule has 2 N–H and O–H groups in total. The molecular formula is C26H29N5O4. The van der Waals surface area contributed by atoms with Crippen molar-refractivity contribution in [1.29, 1.82) is 0 Å². The number of anilines is 4. The van der Waals surface area contributed by atoms with Gasteiger partial charge in [-0.1, -0.05) is 6.07 Å². The highest BCUT2D eigenvalue weighted by Gasteiger charge is 2.15. The molecule has 0 unspecified atom stereocenters. The van der Waals surface area contributed by atoms with Crippen molar-refractivity contribution in [3.05, 3.63) is 65.9 Å². The van der Waals surface area contributed by atoms with Crippen LogP contribution in [-0.4, -0.2) is 56.4 Å². The molecule has 0 atom stereocenters. The third kappa shape index (κ3) is 6.48. The van der Waals surface area contributed by atoms with E-state index in [2.05, 4.69) is 25.5 Å². The number of carbonyl (C=O) groups is 1. The van der Waals surface area contributed by atoms with Crippen molar-refractivity contribution < 1.29 is 19.0 Å². The molecule has 1 aliphatic heterocycles. The fourth-order valence-electron chi connectivity index (χ4n) is 3.62. The minimum absolute atomic E-state index is 0.234. The number of nitrogens with zero attached hydrogens (tertiary/aromatic N) is 3. The van der Waals surface area contributed by atoms with Crippen molar-refractivity contribution in [3.8, 4) is 11.5 Å². The maximum atomic E-state index is 12.4. The second-order valence-electron chi connectivity index (χ2n) is 7.93. The number of methoxy groups -OCH3 is 2. The van der Waals surface area contributed by atoms with Crippen LogP contribution < -0.4 is 25.0 Å². The van der Waals surface area contributed by atoms with Gasteiger partial charge in [0, 0.05) is 42.3 Å². The molecule has 1 amide bonds. The number of aromatic nitrogens is 2. The number of aryl methyl sites for hydroxylation is 1. The van der Waals surface area contributed by atoms with E-state index < -0.39 is 0 Å². The van der Waals surface area contributed by atoms with Gasteiger partial charge >= 0.3 is 0 Å². The van der Waals surface area contributed by atoms with Crippen LogP contribution >= 0.6 is 0 Å². The molecule has 0 spiro atoms. The number of carbonyl (C=O) groups excluding carboxylic acids is 1. The van der Waals surface area contributed by atoms with Crippen molar-refractivity contribution in [1.82, 2.24) is 9.97 Å². The molecule has 182 valence electrons. The quantitative estimate of drug-likeness (QED) is 0.471. The summed E-state index contributed by atoms with van der Waals surface area (Å²) in [7, 11) is 3.16. The van der Waals surface area contributed by atoms with E-state index in [1.165, 1.54) is 6.08 Å². The summed E-state index contributed by atoms with van der Waals surface area (Å²) in [6.07, 6.45) is 3.20. The van der Waals surface area contributed by atoms with E-state index in [-0.39, 0.29) is 5.91 Å². The minimum atomic E-state index is -0.234. The third-order valence-electron chi connectivity index (χ3n) is 5.40. The Morgan fingerprint density at radius 2 is 1.69 bits per heavy atom. The van der Waals surface area contributed by atoms with E-state index in [9.17, 15) is 4.79 Å². The first-order chi connectivity index (χ1) is 17.0. The number of amides is 1. The third-order valence-corrected chi connectivity index (χ3v) is 5.40. The second-order valence-corrected chi connectivity index (χ2v) is 7.93. The second kappa shape index (κ2) is 11.3. The molecule has 0 aliphatic carbocycles. The standard InChI is InChI=1S/C26H29N5O4/c1-18-16-24(30-26(27-18)31-12-14-35-15-13-31)28-20-6-8-21(9-7-20)29-25(32)11-5-19-4-10-22(33-2)23(17-19)34-3/h4-11,16-17H,12-15H2,1-3H3,(H,29,32)(H,27,28,30)/b11-5+. The van der Waals surface area contributed by atoms with Crippen molar-refractivity contribution >= 4 is 35.1 Å². The summed E-state index contributed by atoms with van der Waals surface area (Å²) in [6.45, 7) is 4.86. The topological polar surface area (TPSA) is 97.8 Å². The summed E-state index contributed by atoms with van der Waals surface area (Å²) in [6, 6.07) is 14.8. The lowest BCUT2D eigenvalue weighted by molar-refractivity contribution is -0.111. The molecule has 4 rings (SSSR count). The van der Waals surface area contributed by atoms with Gasteiger partial charge in [0.2, 0.25) is 11.9 Å². The fraction of sp³-hybridized carbons (Fsp3) is 0.269. The number of ether oxygens (including phenoxy) is 3. The first-order valence-electron chi connectivity index (χ1n) is 11.3. The van der Waals surface area contributed by atoms with E-state index >= 15 is 0 Å². The summed E-state index contributed by atoms with van der Waals surface area (Å²) in [5, 5.41) is 6.18. The van der Waals surface area contributed by atoms with E-state index in [0.29, 0.717) is 42.2 Å². The number of nitrogens with one attached hydrogen (secondary N) is 2. The van der Waals surface area contributed by atoms with Crippen LogP contribution in [0.15, 0.2) is 54.6 Å². The Balaban J connectivity index is 1.36. The zero-order chi connectivity index (χ0) is 24.6. The van der Waals surface area contributed by atoms with Crippen LogP contribution in [0.4, 0.5) is 23.1 Å². The van der Waals surface area contributed by atoms with E-state index in [1.54, 1.807) is 26.4 Å². The smallest absolute Gasteiger partial charge is 0.248 e. The molecule has 0 radical (unpaired) electrons. The molecule has 0 bridgehead atoms. The molecule has 1 fully saturated rings. The number of benzene rings is 2. The number of hydrogen-bond donors (Lipinski definition) is 2. The van der Waals surface area contributed by atoms with Gasteiger partial charge in [0.05, 0.1) is 27.4 Å². The van der Waals surface area contributed by atoms with Gasteiger partial charge in [0.25, 0.3) is 0 Å². The summed E-state index contributed by atoms with van der Waals surface area (Å²) >= 11 is 0. The monoisotopic (exact) mass is 475 g/mol. The Morgan fingerprint density at radius 1 is 0.971 bits per heavy atom. The predicted octanol–water partition coefficient (Wildman–Crippen LogP) is 4.03. The maximum Gasteiger partial charge on any atom is 0.248 e. The van der Waals surface area contributed by atoms with Gasteiger partial charge in [-0.2, -0.15) is 4.98 Å². The van der Waals surface area contributed by atoms with Gasteiger partial charge in [-0.15, -0.1) is 0 Å². The van der Waals surface area contributed by atoms with E-state index in [1.807, 2.05) is 49.4 Å². The fourth-order valence-corrected chi connectivity index (χ4v) is 3.62. The number of hydrogen-bond acceptors (Lipinski definition) is 8. The van der Waals surface area contributed by atoms with Crippen molar-refractivity contribution in [2.45, 2.75) is 6.92 Å². The summed E-state index contributed by atoms with van der Waals surface area (Å²) in [4.78, 5) is 23.7. The summed E-state index contributed by atoms with van der Waals surface area (Å²) < 4.78 is 15.9. The van der Waals surface area contributed by atoms with Crippen LogP contribution in [0, 0.1) is 6.92 Å². The van der Waals surface area contributed by atoms with Crippen LogP contribution in [0.1, 0.15) is 11.3 Å². The molecule has 9 nitrogen and oxygen atoms in total. The zero-order valence-corrected chi connectivity index (χ0v) is 20.1. The lowest BCUT2D eigenvalue weighted by atomic mass is 10.2. The van der Waals surface area contributed by atoms with Crippen LogP contribution in [0.5, 0.6) is 11.5 Å². The van der Waals surface area contributed by atoms with Gasteiger partial charge in [-0.25, -0.2) is 4.98 Å². The van der Waals surface area contributed by atoms with Crippen LogP contribution in [-0.2, 0) is 9.53 Å². The van der Waals surface area contributed by atoms with Crippen molar-refractivity contribution in [2.24, 2.45) is 0 Å². The summed E-state index contributed by atoms with van der Waals surface area (Å²) in [5.74, 6) is 2.42. The average molecular weight is 476 g/mol. The van der Waals surface area contributed by atoms with Crippen LogP contribution in [0.3, 0.4) is 0 Å². The zero-order valence-electron chi connectivity index (χ0n) is 20.1. The molecule has 1 aliphatic rings. The van der Waals surface area contributed by atoms with Gasteiger partial charge < -0.3 is 29.7 Å². The SMILES string of the molecule is COc1ccc(/C=C/C(=O)Nc2ccc(Nc3cc(C)nc(N4CCOCC4)n3)cc2)cc1OC. The summed E-state index contributed by atoms with van der Waals surface area (Å²) in [5.41, 5.74) is 3.25. The van der Waals surface area contributed by atoms with E-state index in [0.717, 1.165) is 30.0 Å². The Labute approximate surface area is 204 Å². The van der Waals surface area contributed by atoms with Crippen molar-refractivity contribution in [2.75, 3.05) is 56.1 Å². The Bertz CT molecular complexity index is 1190. The molecule has 1 saturated heterocycles. The van der Waals surface area contributed by atoms with Crippen LogP contribution in [0.2, 0.25) is 0 Å². The molecule has 9 heteroatoms. The predicted molar refractivity (Wildman–Crippen MR) is 137 cm³/mol. The Kier molecular flexibility index (Phi) is 7.79. The van der Waals surface area contributed by atoms with Gasteiger partial charge in [-0.3, -0.25) is 4.79 Å². The minimum Gasteiger partial charge on any atom is -0.493 e. The average Bonchev–Trinajstić information content (AvgIpc) is 2.88. The first kappa shape index (κ1) is 24.0. The first-order valence-corrected chi connectivity index (χ1v) is 11.3. The molecular weight excluding hydrogens is 446 g/mol. The lowest BCUT2D eigenvalue weighted by Gasteiger charge is -2.27. The van der Waals surface area contributed by atoms with Gasteiger partial charge in [0.1, 0.15) is 5.82 Å². The molecule has 0 saturated carbocycles. The lowest BCUT2D eigenvalue weighted by Crippen LogP contribution is -2.37. The molecule has 3 aromatic rings. The highest BCUT2D eigenvalue weighted by Crippen LogP contribution is 2.28. The largest absolute Gasteiger partial charge is 0.493 e. The number of rotatable bonds is 8. The normalized spacial score (nSPS) is 13.5. The maximum absolute atomic E-state index is 12.4. The molecule has 2 aromatic carbocycles. The van der Waals surface area contributed by atoms with Crippen molar-refractivity contribution in [3.63, 3.8) is 0 Å². The van der Waals surface area contributed by atoms with Crippen LogP contribution in [0.25, 0.3) is 6.08 Å².